The maximum absolute atomic E-state index is 11.9. The number of carbonyl (C=O) groups is 4. The van der Waals surface area contributed by atoms with E-state index in [1.807, 2.05) is 0 Å². The number of methoxy groups -OCH3 is 4. The van der Waals surface area contributed by atoms with Gasteiger partial charge < -0.3 is 18.9 Å². The summed E-state index contributed by atoms with van der Waals surface area (Å²) in [6.07, 6.45) is 0.00451. The van der Waals surface area contributed by atoms with E-state index in [1.165, 1.54) is 28.4 Å². The van der Waals surface area contributed by atoms with Crippen LogP contribution in [0.5, 0.6) is 0 Å². The van der Waals surface area contributed by atoms with Gasteiger partial charge in [0.05, 0.1) is 40.3 Å². The zero-order valence-electron chi connectivity index (χ0n) is 13.2. The number of ether oxygens (including phenoxy) is 4. The van der Waals surface area contributed by atoms with Gasteiger partial charge >= 0.3 is 23.9 Å². The van der Waals surface area contributed by atoms with Crippen LogP contribution in [0.15, 0.2) is 0 Å². The summed E-state index contributed by atoms with van der Waals surface area (Å²) in [7, 11) is 4.82. The zero-order chi connectivity index (χ0) is 17.1. The van der Waals surface area contributed by atoms with Crippen LogP contribution in [0.25, 0.3) is 0 Å². The molecule has 0 amide bonds. The number of hydrogen-bond donors (Lipinski definition) is 0. The third-order valence-electron chi connectivity index (χ3n) is 3.27. The molecule has 22 heavy (non-hydrogen) atoms. The number of carbonyl (C=O) groups excluding carboxylic acids is 4. The monoisotopic (exact) mass is 318 g/mol. The standard InChI is InChI=1S/C14H22O8/c1-19-11(15)7-5-9(13(17)21-3)10(14(18)22-4)6-8-12(16)20-2/h9-10H,5-8H2,1-4H3/t9-,10+. The Morgan fingerprint density at radius 2 is 0.955 bits per heavy atom. The van der Waals surface area contributed by atoms with Crippen molar-refractivity contribution in [2.45, 2.75) is 25.7 Å². The van der Waals surface area contributed by atoms with E-state index in [9.17, 15) is 19.2 Å². The zero-order valence-corrected chi connectivity index (χ0v) is 13.2. The molecule has 8 nitrogen and oxygen atoms in total. The van der Waals surface area contributed by atoms with Crippen molar-refractivity contribution >= 4 is 23.9 Å². The van der Waals surface area contributed by atoms with Crippen LogP contribution in [0.1, 0.15) is 25.7 Å². The fraction of sp³-hybridized carbons (Fsp3) is 0.714. The van der Waals surface area contributed by atoms with Crippen LogP contribution >= 0.6 is 0 Å². The summed E-state index contributed by atoms with van der Waals surface area (Å²) in [5, 5.41) is 0. The topological polar surface area (TPSA) is 105 Å². The molecule has 0 aromatic carbocycles. The van der Waals surface area contributed by atoms with Gasteiger partial charge in [0.15, 0.2) is 0 Å². The van der Waals surface area contributed by atoms with E-state index in [4.69, 9.17) is 0 Å². The summed E-state index contributed by atoms with van der Waals surface area (Å²) in [5.41, 5.74) is 0. The lowest BCUT2D eigenvalue weighted by Crippen LogP contribution is -2.33. The van der Waals surface area contributed by atoms with Crippen molar-refractivity contribution in [1.29, 1.82) is 0 Å². The number of rotatable bonds is 9. The van der Waals surface area contributed by atoms with Gasteiger partial charge in [0.2, 0.25) is 0 Å². The van der Waals surface area contributed by atoms with Crippen LogP contribution in [-0.4, -0.2) is 52.3 Å². The molecule has 0 N–H and O–H groups in total. The fourth-order valence-corrected chi connectivity index (χ4v) is 2.02. The average molecular weight is 318 g/mol. The molecular formula is C14H22O8. The van der Waals surface area contributed by atoms with Crippen molar-refractivity contribution in [2.24, 2.45) is 11.8 Å². The maximum Gasteiger partial charge on any atom is 0.309 e. The molecule has 0 saturated carbocycles. The minimum absolute atomic E-state index is 0.0536. The Morgan fingerprint density at radius 3 is 1.18 bits per heavy atom. The van der Waals surface area contributed by atoms with Gasteiger partial charge in [0.1, 0.15) is 0 Å². The van der Waals surface area contributed by atoms with Gasteiger partial charge in [-0.2, -0.15) is 0 Å². The molecule has 0 rings (SSSR count). The van der Waals surface area contributed by atoms with Crippen molar-refractivity contribution in [2.75, 3.05) is 28.4 Å². The third-order valence-corrected chi connectivity index (χ3v) is 3.27. The van der Waals surface area contributed by atoms with Gasteiger partial charge in [-0.3, -0.25) is 19.2 Å². The molecule has 8 heteroatoms. The summed E-state index contributed by atoms with van der Waals surface area (Å²) >= 11 is 0. The second-order valence-corrected chi connectivity index (χ2v) is 4.49. The summed E-state index contributed by atoms with van der Waals surface area (Å²) in [5.74, 6) is -4.12. The van der Waals surface area contributed by atoms with Crippen LogP contribution in [0.2, 0.25) is 0 Å². The second-order valence-electron chi connectivity index (χ2n) is 4.49. The first-order chi connectivity index (χ1) is 10.4. The Morgan fingerprint density at radius 1 is 0.636 bits per heavy atom. The Balaban J connectivity index is 5.08. The largest absolute Gasteiger partial charge is 0.469 e. The number of esters is 4. The molecule has 126 valence electrons. The predicted molar refractivity (Wildman–Crippen MR) is 73.5 cm³/mol. The highest BCUT2D eigenvalue weighted by atomic mass is 16.5. The molecule has 0 radical (unpaired) electrons. The van der Waals surface area contributed by atoms with Crippen molar-refractivity contribution in [3.63, 3.8) is 0 Å². The molecule has 0 bridgehead atoms. The smallest absolute Gasteiger partial charge is 0.309 e. The molecule has 0 unspecified atom stereocenters. The molecule has 0 aliphatic heterocycles. The van der Waals surface area contributed by atoms with E-state index in [-0.39, 0.29) is 25.7 Å². The van der Waals surface area contributed by atoms with E-state index >= 15 is 0 Å². The highest BCUT2D eigenvalue weighted by Crippen LogP contribution is 2.26. The Kier molecular flexibility index (Phi) is 9.56. The highest BCUT2D eigenvalue weighted by molar-refractivity contribution is 5.83. The molecule has 0 spiro atoms. The summed E-state index contributed by atoms with van der Waals surface area (Å²) in [6.45, 7) is 0. The van der Waals surface area contributed by atoms with Gasteiger partial charge in [0.25, 0.3) is 0 Å². The molecule has 0 aliphatic rings. The average Bonchev–Trinajstić information content (AvgIpc) is 2.55. The number of hydrogen-bond acceptors (Lipinski definition) is 8. The SMILES string of the molecule is COC(=O)CC[C@H](C(=O)OC)[C@@H](CCC(=O)OC)C(=O)OC. The summed E-state index contributed by atoms with van der Waals surface area (Å²) in [4.78, 5) is 46.3. The molecule has 0 saturated heterocycles. The van der Waals surface area contributed by atoms with Crippen LogP contribution in [0.4, 0.5) is 0 Å². The van der Waals surface area contributed by atoms with Crippen molar-refractivity contribution in [3.05, 3.63) is 0 Å². The molecular weight excluding hydrogens is 296 g/mol. The Labute approximate surface area is 129 Å². The first-order valence-corrected chi connectivity index (χ1v) is 6.70. The van der Waals surface area contributed by atoms with Gasteiger partial charge in [0, 0.05) is 12.8 Å². The predicted octanol–water partition coefficient (Wildman–Crippen LogP) is 0.471. The van der Waals surface area contributed by atoms with E-state index in [1.54, 1.807) is 0 Å². The van der Waals surface area contributed by atoms with E-state index < -0.39 is 35.7 Å². The fourth-order valence-electron chi connectivity index (χ4n) is 2.02. The maximum atomic E-state index is 11.9. The molecule has 0 aliphatic carbocycles. The van der Waals surface area contributed by atoms with Crippen LogP contribution < -0.4 is 0 Å². The summed E-state index contributed by atoms with van der Waals surface area (Å²) < 4.78 is 18.4. The van der Waals surface area contributed by atoms with E-state index in [0.29, 0.717) is 0 Å². The van der Waals surface area contributed by atoms with Crippen molar-refractivity contribution in [3.8, 4) is 0 Å². The van der Waals surface area contributed by atoms with Crippen LogP contribution in [0, 0.1) is 11.8 Å². The van der Waals surface area contributed by atoms with Crippen molar-refractivity contribution < 1.29 is 38.1 Å². The molecule has 0 aromatic heterocycles. The third kappa shape index (κ3) is 6.55. The minimum atomic E-state index is -0.902. The van der Waals surface area contributed by atoms with Gasteiger partial charge in [-0.25, -0.2) is 0 Å². The minimum Gasteiger partial charge on any atom is -0.469 e. The van der Waals surface area contributed by atoms with Gasteiger partial charge in [-0.15, -0.1) is 0 Å². The Bertz CT molecular complexity index is 366. The van der Waals surface area contributed by atoms with Crippen LogP contribution in [0.3, 0.4) is 0 Å². The normalized spacial score (nSPS) is 12.7. The van der Waals surface area contributed by atoms with E-state index in [0.717, 1.165) is 0 Å². The lowest BCUT2D eigenvalue weighted by Gasteiger charge is -2.22. The molecule has 2 atom stereocenters. The van der Waals surface area contributed by atoms with E-state index in [2.05, 4.69) is 18.9 Å². The first-order valence-electron chi connectivity index (χ1n) is 6.70. The lowest BCUT2D eigenvalue weighted by atomic mass is 9.85. The van der Waals surface area contributed by atoms with Crippen molar-refractivity contribution in [1.82, 2.24) is 0 Å². The molecule has 0 fully saturated rings. The van der Waals surface area contributed by atoms with Gasteiger partial charge in [-0.1, -0.05) is 0 Å². The highest BCUT2D eigenvalue weighted by Gasteiger charge is 2.36. The molecule has 0 heterocycles. The quantitative estimate of drug-likeness (QED) is 0.446. The molecule has 0 aromatic rings. The second kappa shape index (κ2) is 10.6. The first kappa shape index (κ1) is 19.9. The van der Waals surface area contributed by atoms with Gasteiger partial charge in [-0.05, 0) is 12.8 Å². The lowest BCUT2D eigenvalue weighted by molar-refractivity contribution is -0.159. The van der Waals surface area contributed by atoms with Crippen LogP contribution in [-0.2, 0) is 38.1 Å². The summed E-state index contributed by atoms with van der Waals surface area (Å²) in [6, 6.07) is 0. The Hall–Kier alpha value is -2.12.